The van der Waals surface area contributed by atoms with Crippen molar-refractivity contribution in [2.24, 2.45) is 0 Å². The van der Waals surface area contributed by atoms with Crippen molar-refractivity contribution < 1.29 is 35.5 Å². The van der Waals surface area contributed by atoms with Crippen LogP contribution in [0.1, 0.15) is 21.7 Å². The van der Waals surface area contributed by atoms with E-state index in [0.29, 0.717) is 0 Å². The van der Waals surface area contributed by atoms with Gasteiger partial charge in [-0.1, -0.05) is 0 Å². The quantitative estimate of drug-likeness (QED) is 0.588. The topological polar surface area (TPSA) is 46.9 Å². The average Bonchev–Trinajstić information content (AvgIpc) is 3.09. The lowest BCUT2D eigenvalue weighted by atomic mass is 10.2. The SMILES string of the molecule is O=C(Nc1ccc(-n2nc(C(F)(F)F)cc2C(F)(F)F)cc1)c1ccc(F)cc1. The van der Waals surface area contributed by atoms with Crippen LogP contribution in [0.4, 0.5) is 36.4 Å². The minimum Gasteiger partial charge on any atom is -0.322 e. The molecule has 3 rings (SSSR count). The van der Waals surface area contributed by atoms with E-state index >= 15 is 0 Å². The Kier molecular flexibility index (Phi) is 5.07. The molecule has 0 saturated heterocycles. The number of carbonyl (C=O) groups excluding carboxylic acids is 1. The van der Waals surface area contributed by atoms with Crippen molar-refractivity contribution in [3.63, 3.8) is 0 Å². The van der Waals surface area contributed by atoms with E-state index in [9.17, 15) is 35.5 Å². The van der Waals surface area contributed by atoms with Gasteiger partial charge in [0.2, 0.25) is 0 Å². The van der Waals surface area contributed by atoms with E-state index in [-0.39, 0.29) is 27.7 Å². The summed E-state index contributed by atoms with van der Waals surface area (Å²) in [5.74, 6) is -1.14. The monoisotopic (exact) mass is 417 g/mol. The van der Waals surface area contributed by atoms with Gasteiger partial charge >= 0.3 is 12.4 Å². The van der Waals surface area contributed by atoms with Gasteiger partial charge in [0.15, 0.2) is 5.69 Å². The number of amides is 1. The summed E-state index contributed by atoms with van der Waals surface area (Å²) >= 11 is 0. The van der Waals surface area contributed by atoms with E-state index in [4.69, 9.17) is 0 Å². The van der Waals surface area contributed by atoms with Gasteiger partial charge in [-0.05, 0) is 48.5 Å². The maximum atomic E-state index is 13.1. The summed E-state index contributed by atoms with van der Waals surface area (Å²) in [4.78, 5) is 12.1. The zero-order valence-electron chi connectivity index (χ0n) is 14.1. The standard InChI is InChI=1S/C18H10F7N3O/c19-11-3-1-10(2-4-11)16(29)26-12-5-7-13(8-6-12)28-15(18(23,24)25)9-14(27-28)17(20,21)22/h1-9H,(H,26,29). The fraction of sp³-hybridized carbons (Fsp3) is 0.111. The van der Waals surface area contributed by atoms with Crippen LogP contribution in [-0.4, -0.2) is 15.7 Å². The number of rotatable bonds is 3. The molecule has 0 radical (unpaired) electrons. The largest absolute Gasteiger partial charge is 0.435 e. The number of alkyl halides is 6. The first-order valence-corrected chi connectivity index (χ1v) is 7.87. The summed E-state index contributed by atoms with van der Waals surface area (Å²) in [5, 5.41) is 5.45. The van der Waals surface area contributed by atoms with Crippen LogP contribution in [0.2, 0.25) is 0 Å². The van der Waals surface area contributed by atoms with Crippen LogP contribution in [0.3, 0.4) is 0 Å². The molecule has 1 heterocycles. The predicted molar refractivity (Wildman–Crippen MR) is 87.9 cm³/mol. The molecule has 0 aliphatic rings. The average molecular weight is 417 g/mol. The number of benzene rings is 2. The molecule has 1 aromatic heterocycles. The van der Waals surface area contributed by atoms with Gasteiger partial charge < -0.3 is 5.32 Å². The van der Waals surface area contributed by atoms with Crippen molar-refractivity contribution in [1.29, 1.82) is 0 Å². The van der Waals surface area contributed by atoms with Crippen molar-refractivity contribution in [3.05, 3.63) is 77.4 Å². The molecular weight excluding hydrogens is 407 g/mol. The van der Waals surface area contributed by atoms with Crippen LogP contribution in [0.15, 0.2) is 54.6 Å². The molecule has 0 bridgehead atoms. The Morgan fingerprint density at radius 3 is 1.97 bits per heavy atom. The van der Waals surface area contributed by atoms with Crippen molar-refractivity contribution in [2.75, 3.05) is 5.32 Å². The van der Waals surface area contributed by atoms with Crippen LogP contribution in [0.5, 0.6) is 0 Å². The molecule has 3 aromatic rings. The Labute approximate surface area is 158 Å². The molecule has 0 aliphatic carbocycles. The maximum Gasteiger partial charge on any atom is 0.435 e. The number of carbonyl (C=O) groups is 1. The molecule has 11 heteroatoms. The van der Waals surface area contributed by atoms with Crippen LogP contribution in [0, 0.1) is 5.82 Å². The van der Waals surface area contributed by atoms with E-state index in [2.05, 4.69) is 10.4 Å². The first-order chi connectivity index (χ1) is 13.4. The molecular formula is C18H10F7N3O. The second-order valence-electron chi connectivity index (χ2n) is 5.83. The molecule has 4 nitrogen and oxygen atoms in total. The van der Waals surface area contributed by atoms with Crippen LogP contribution in [0.25, 0.3) is 5.69 Å². The highest BCUT2D eigenvalue weighted by Crippen LogP contribution is 2.36. The Balaban J connectivity index is 1.87. The smallest absolute Gasteiger partial charge is 0.322 e. The first kappa shape index (κ1) is 20.4. The molecule has 0 atom stereocenters. The van der Waals surface area contributed by atoms with Crippen molar-refractivity contribution in [1.82, 2.24) is 9.78 Å². The predicted octanol–water partition coefficient (Wildman–Crippen LogP) is 5.30. The van der Waals surface area contributed by atoms with Gasteiger partial charge in [0.25, 0.3) is 5.91 Å². The molecule has 0 fully saturated rings. The molecule has 2 aromatic carbocycles. The lowest BCUT2D eigenvalue weighted by Gasteiger charge is -2.11. The van der Waals surface area contributed by atoms with Gasteiger partial charge in [0, 0.05) is 17.3 Å². The summed E-state index contributed by atoms with van der Waals surface area (Å²) < 4.78 is 90.6. The lowest BCUT2D eigenvalue weighted by molar-refractivity contribution is -0.143. The highest BCUT2D eigenvalue weighted by Gasteiger charge is 2.42. The minimum atomic E-state index is -5.06. The van der Waals surface area contributed by atoms with Crippen molar-refractivity contribution in [2.45, 2.75) is 12.4 Å². The van der Waals surface area contributed by atoms with E-state index in [1.165, 1.54) is 24.3 Å². The highest BCUT2D eigenvalue weighted by molar-refractivity contribution is 6.04. The number of nitrogens with zero attached hydrogens (tertiary/aromatic N) is 2. The third-order valence-electron chi connectivity index (χ3n) is 3.77. The molecule has 29 heavy (non-hydrogen) atoms. The second kappa shape index (κ2) is 7.22. The van der Waals surface area contributed by atoms with Gasteiger partial charge in [0.1, 0.15) is 11.5 Å². The van der Waals surface area contributed by atoms with E-state index < -0.39 is 35.5 Å². The lowest BCUT2D eigenvalue weighted by Crippen LogP contribution is -2.14. The fourth-order valence-corrected chi connectivity index (χ4v) is 2.41. The number of halogens is 7. The summed E-state index contributed by atoms with van der Waals surface area (Å²) in [6.07, 6.45) is -10.1. The number of nitrogens with one attached hydrogen (secondary N) is 1. The third kappa shape index (κ3) is 4.55. The summed E-state index contributed by atoms with van der Waals surface area (Å²) in [6.45, 7) is 0. The van der Waals surface area contributed by atoms with Crippen LogP contribution < -0.4 is 5.32 Å². The summed E-state index contributed by atoms with van der Waals surface area (Å²) in [7, 11) is 0. The normalized spacial score (nSPS) is 12.1. The molecule has 0 aliphatic heterocycles. The Hall–Kier alpha value is -3.37. The summed E-state index contributed by atoms with van der Waals surface area (Å²) in [6, 6.07) is 9.08. The van der Waals surface area contributed by atoms with Gasteiger partial charge in [-0.25, -0.2) is 9.07 Å². The number of hydrogen-bond acceptors (Lipinski definition) is 2. The first-order valence-electron chi connectivity index (χ1n) is 7.87. The van der Waals surface area contributed by atoms with E-state index in [0.717, 1.165) is 24.3 Å². The molecule has 0 unspecified atom stereocenters. The van der Waals surface area contributed by atoms with Crippen LogP contribution in [-0.2, 0) is 12.4 Å². The van der Waals surface area contributed by atoms with Crippen molar-refractivity contribution in [3.8, 4) is 5.69 Å². The maximum absolute atomic E-state index is 13.1. The molecule has 1 amide bonds. The van der Waals surface area contributed by atoms with Gasteiger partial charge in [-0.15, -0.1) is 0 Å². The zero-order chi connectivity index (χ0) is 21.4. The minimum absolute atomic E-state index is 0.0791. The Morgan fingerprint density at radius 1 is 0.862 bits per heavy atom. The van der Waals surface area contributed by atoms with Gasteiger partial charge in [-0.2, -0.15) is 31.4 Å². The van der Waals surface area contributed by atoms with Crippen LogP contribution >= 0.6 is 0 Å². The number of anilines is 1. The van der Waals surface area contributed by atoms with Crippen molar-refractivity contribution >= 4 is 11.6 Å². The highest BCUT2D eigenvalue weighted by atomic mass is 19.4. The summed E-state index contributed by atoms with van der Waals surface area (Å²) in [5.41, 5.74) is -3.25. The fourth-order valence-electron chi connectivity index (χ4n) is 2.41. The molecule has 0 spiro atoms. The number of hydrogen-bond donors (Lipinski definition) is 1. The Morgan fingerprint density at radius 2 is 1.45 bits per heavy atom. The Bertz CT molecular complexity index is 1020. The third-order valence-corrected chi connectivity index (χ3v) is 3.77. The molecule has 0 saturated carbocycles. The second-order valence-corrected chi connectivity index (χ2v) is 5.83. The van der Waals surface area contributed by atoms with Gasteiger partial charge in [-0.3, -0.25) is 4.79 Å². The van der Waals surface area contributed by atoms with E-state index in [1.54, 1.807) is 0 Å². The molecule has 1 N–H and O–H groups in total. The van der Waals surface area contributed by atoms with E-state index in [1.807, 2.05) is 0 Å². The molecule has 152 valence electrons. The van der Waals surface area contributed by atoms with Gasteiger partial charge in [0.05, 0.1) is 5.69 Å². The zero-order valence-corrected chi connectivity index (χ0v) is 14.1. The number of aromatic nitrogens is 2.